The summed E-state index contributed by atoms with van der Waals surface area (Å²) in [6, 6.07) is 5.75. The topological polar surface area (TPSA) is 54.9 Å². The van der Waals surface area contributed by atoms with Crippen LogP contribution in [-0.2, 0) is 11.3 Å². The molecule has 1 aromatic carbocycles. The second kappa shape index (κ2) is 13.0. The largest absolute Gasteiger partial charge is 0.491 e. The van der Waals surface area contributed by atoms with Crippen molar-refractivity contribution in [2.24, 2.45) is 4.99 Å². The van der Waals surface area contributed by atoms with Gasteiger partial charge in [-0.1, -0.05) is 12.1 Å². The van der Waals surface area contributed by atoms with Gasteiger partial charge in [0.25, 0.3) is 0 Å². The molecule has 1 aromatic rings. The normalized spacial score (nSPS) is 11.7. The summed E-state index contributed by atoms with van der Waals surface area (Å²) in [5.41, 5.74) is 1.91. The van der Waals surface area contributed by atoms with E-state index >= 15 is 0 Å². The van der Waals surface area contributed by atoms with Gasteiger partial charge in [-0.2, -0.15) is 13.2 Å². The van der Waals surface area contributed by atoms with Gasteiger partial charge in [0.05, 0.1) is 19.6 Å². The number of nitrogens with zero attached hydrogens (tertiary/aromatic N) is 1. The zero-order valence-electron chi connectivity index (χ0n) is 15.3. The van der Waals surface area contributed by atoms with Crippen LogP contribution in [0.3, 0.4) is 0 Å². The van der Waals surface area contributed by atoms with Gasteiger partial charge in [0.15, 0.2) is 5.96 Å². The van der Waals surface area contributed by atoms with Crippen molar-refractivity contribution in [2.45, 2.75) is 33.0 Å². The molecular formula is C17H27F3IN3O2. The second-order valence-electron chi connectivity index (χ2n) is 5.44. The lowest BCUT2D eigenvalue weighted by molar-refractivity contribution is -0.132. The van der Waals surface area contributed by atoms with Gasteiger partial charge in [-0.25, -0.2) is 4.99 Å². The van der Waals surface area contributed by atoms with Crippen LogP contribution in [0, 0.1) is 6.92 Å². The second-order valence-corrected chi connectivity index (χ2v) is 5.44. The highest BCUT2D eigenvalue weighted by Gasteiger charge is 2.26. The third-order valence-electron chi connectivity index (χ3n) is 3.22. The molecule has 2 N–H and O–H groups in total. The molecule has 0 saturated heterocycles. The minimum absolute atomic E-state index is 0. The molecule has 0 radical (unpaired) electrons. The summed E-state index contributed by atoms with van der Waals surface area (Å²) in [7, 11) is 1.60. The minimum atomic E-state index is -4.19. The molecule has 0 heterocycles. The number of hydrogen-bond donors (Lipinski definition) is 2. The number of guanidine groups is 1. The number of halogens is 4. The van der Waals surface area contributed by atoms with E-state index in [1.54, 1.807) is 7.11 Å². The Kier molecular flexibility index (Phi) is 12.4. The molecule has 0 fully saturated rings. The van der Waals surface area contributed by atoms with E-state index in [-0.39, 0.29) is 30.5 Å². The standard InChI is InChI=1S/C17H26F3N3O2.HI/c1-4-21-16(22-8-7-17(18,19)20)23-12-14-6-5-13(2)11-15(14)25-10-9-24-3;/h5-6,11H,4,7-10,12H2,1-3H3,(H2,21,22,23);1H. The van der Waals surface area contributed by atoms with Crippen molar-refractivity contribution in [3.05, 3.63) is 29.3 Å². The van der Waals surface area contributed by atoms with Crippen LogP contribution in [0.5, 0.6) is 5.75 Å². The van der Waals surface area contributed by atoms with Gasteiger partial charge in [0.1, 0.15) is 12.4 Å². The number of rotatable bonds is 9. The Morgan fingerprint density at radius 1 is 1.19 bits per heavy atom. The molecule has 26 heavy (non-hydrogen) atoms. The molecule has 0 unspecified atom stereocenters. The Bertz CT molecular complexity index is 555. The van der Waals surface area contributed by atoms with Gasteiger partial charge in [-0.05, 0) is 25.5 Å². The molecule has 0 bridgehead atoms. The lowest BCUT2D eigenvalue weighted by atomic mass is 10.1. The van der Waals surface area contributed by atoms with Gasteiger partial charge >= 0.3 is 6.18 Å². The maximum absolute atomic E-state index is 12.3. The average Bonchev–Trinajstić information content (AvgIpc) is 2.53. The summed E-state index contributed by atoms with van der Waals surface area (Å²) >= 11 is 0. The van der Waals surface area contributed by atoms with E-state index in [1.165, 1.54) is 0 Å². The molecule has 1 rings (SSSR count). The van der Waals surface area contributed by atoms with E-state index in [9.17, 15) is 13.2 Å². The lowest BCUT2D eigenvalue weighted by Crippen LogP contribution is -2.38. The van der Waals surface area contributed by atoms with Crippen molar-refractivity contribution in [3.8, 4) is 5.75 Å². The maximum atomic E-state index is 12.3. The molecule has 0 aliphatic heterocycles. The predicted octanol–water partition coefficient (Wildman–Crippen LogP) is 3.65. The molecule has 0 amide bonds. The Labute approximate surface area is 169 Å². The van der Waals surface area contributed by atoms with Crippen LogP contribution in [0.2, 0.25) is 0 Å². The first-order chi connectivity index (χ1) is 11.9. The van der Waals surface area contributed by atoms with Gasteiger partial charge in [-0.3, -0.25) is 0 Å². The van der Waals surface area contributed by atoms with Gasteiger partial charge in [0, 0.05) is 25.8 Å². The van der Waals surface area contributed by atoms with Crippen LogP contribution in [0.15, 0.2) is 23.2 Å². The van der Waals surface area contributed by atoms with E-state index in [1.807, 2.05) is 32.0 Å². The number of hydrogen-bond acceptors (Lipinski definition) is 3. The highest BCUT2D eigenvalue weighted by atomic mass is 127. The molecule has 5 nitrogen and oxygen atoms in total. The first-order valence-corrected chi connectivity index (χ1v) is 8.16. The number of methoxy groups -OCH3 is 1. The van der Waals surface area contributed by atoms with E-state index < -0.39 is 12.6 Å². The molecule has 150 valence electrons. The highest BCUT2D eigenvalue weighted by molar-refractivity contribution is 14.0. The van der Waals surface area contributed by atoms with E-state index in [4.69, 9.17) is 9.47 Å². The van der Waals surface area contributed by atoms with Gasteiger partial charge in [-0.15, -0.1) is 24.0 Å². The number of aryl methyl sites for hydroxylation is 1. The Morgan fingerprint density at radius 2 is 1.92 bits per heavy atom. The SMILES string of the molecule is CCNC(=NCc1ccc(C)cc1OCCOC)NCCC(F)(F)F.I. The Morgan fingerprint density at radius 3 is 2.54 bits per heavy atom. The molecule has 0 saturated carbocycles. The molecule has 0 aliphatic rings. The third-order valence-corrected chi connectivity index (χ3v) is 3.22. The molecule has 0 aliphatic carbocycles. The van der Waals surface area contributed by atoms with Crippen LogP contribution in [0.1, 0.15) is 24.5 Å². The Balaban J connectivity index is 0.00000625. The van der Waals surface area contributed by atoms with E-state index in [0.29, 0.717) is 38.0 Å². The summed E-state index contributed by atoms with van der Waals surface area (Å²) in [5, 5.41) is 5.62. The van der Waals surface area contributed by atoms with Crippen LogP contribution < -0.4 is 15.4 Å². The highest BCUT2D eigenvalue weighted by Crippen LogP contribution is 2.21. The fourth-order valence-corrected chi connectivity index (χ4v) is 1.99. The minimum Gasteiger partial charge on any atom is -0.491 e. The van der Waals surface area contributed by atoms with Crippen molar-refractivity contribution in [1.29, 1.82) is 0 Å². The third kappa shape index (κ3) is 10.7. The van der Waals surface area contributed by atoms with Crippen LogP contribution in [0.4, 0.5) is 13.2 Å². The number of alkyl halides is 3. The van der Waals surface area contributed by atoms with Crippen molar-refractivity contribution >= 4 is 29.9 Å². The Hall–Kier alpha value is -1.23. The van der Waals surface area contributed by atoms with Gasteiger partial charge in [0.2, 0.25) is 0 Å². The summed E-state index contributed by atoms with van der Waals surface area (Å²) < 4.78 is 47.4. The smallest absolute Gasteiger partial charge is 0.390 e. The number of benzene rings is 1. The monoisotopic (exact) mass is 489 g/mol. The van der Waals surface area contributed by atoms with Crippen molar-refractivity contribution in [1.82, 2.24) is 10.6 Å². The zero-order chi connectivity index (χ0) is 18.7. The fraction of sp³-hybridized carbons (Fsp3) is 0.588. The summed E-state index contributed by atoms with van der Waals surface area (Å²) in [5.74, 6) is 1.04. The van der Waals surface area contributed by atoms with E-state index in [2.05, 4.69) is 15.6 Å². The summed E-state index contributed by atoms with van der Waals surface area (Å²) in [6.45, 7) is 5.33. The summed E-state index contributed by atoms with van der Waals surface area (Å²) in [6.07, 6.45) is -5.10. The molecular weight excluding hydrogens is 462 g/mol. The molecule has 0 spiro atoms. The van der Waals surface area contributed by atoms with Crippen LogP contribution in [-0.4, -0.2) is 45.5 Å². The van der Waals surface area contributed by atoms with Crippen molar-refractivity contribution < 1.29 is 22.6 Å². The zero-order valence-corrected chi connectivity index (χ0v) is 17.6. The van der Waals surface area contributed by atoms with Gasteiger partial charge < -0.3 is 20.1 Å². The van der Waals surface area contributed by atoms with Crippen LogP contribution >= 0.6 is 24.0 Å². The van der Waals surface area contributed by atoms with Crippen LogP contribution in [0.25, 0.3) is 0 Å². The fourth-order valence-electron chi connectivity index (χ4n) is 1.99. The maximum Gasteiger partial charge on any atom is 0.390 e. The van der Waals surface area contributed by atoms with Crippen molar-refractivity contribution in [3.63, 3.8) is 0 Å². The number of aliphatic imine (C=N–C) groups is 1. The molecule has 0 aromatic heterocycles. The first-order valence-electron chi connectivity index (χ1n) is 8.16. The molecule has 9 heteroatoms. The predicted molar refractivity (Wildman–Crippen MR) is 107 cm³/mol. The lowest BCUT2D eigenvalue weighted by Gasteiger charge is -2.14. The van der Waals surface area contributed by atoms with Crippen molar-refractivity contribution in [2.75, 3.05) is 33.4 Å². The first kappa shape index (κ1) is 24.8. The summed E-state index contributed by atoms with van der Waals surface area (Å²) in [4.78, 5) is 4.34. The average molecular weight is 489 g/mol. The quantitative estimate of drug-likeness (QED) is 0.241. The number of nitrogens with one attached hydrogen (secondary N) is 2. The molecule has 0 atom stereocenters. The van der Waals surface area contributed by atoms with E-state index in [0.717, 1.165) is 11.1 Å². The number of ether oxygens (including phenoxy) is 2.